The number of hydrogen-bond donors (Lipinski definition) is 1. The van der Waals surface area contributed by atoms with E-state index in [1.807, 2.05) is 29.6 Å². The highest BCUT2D eigenvalue weighted by Crippen LogP contribution is 2.30. The Morgan fingerprint density at radius 2 is 2.04 bits per heavy atom. The number of hydrogen-bond acceptors (Lipinski definition) is 5. The van der Waals surface area contributed by atoms with Crippen LogP contribution in [0.3, 0.4) is 0 Å². The lowest BCUT2D eigenvalue weighted by Crippen LogP contribution is -2.51. The first-order chi connectivity index (χ1) is 13.7. The molecule has 150 valence electrons. The molecule has 6 heteroatoms. The van der Waals surface area contributed by atoms with Crippen LogP contribution >= 0.6 is 11.3 Å². The fourth-order valence-corrected chi connectivity index (χ4v) is 5.37. The zero-order valence-corrected chi connectivity index (χ0v) is 17.3. The van der Waals surface area contributed by atoms with E-state index >= 15 is 0 Å². The smallest absolute Gasteiger partial charge is 0.226 e. The number of ether oxygens (including phenoxy) is 1. The lowest BCUT2D eigenvalue weighted by Gasteiger charge is -2.44. The zero-order valence-electron chi connectivity index (χ0n) is 16.5. The van der Waals surface area contributed by atoms with Gasteiger partial charge >= 0.3 is 0 Å². The van der Waals surface area contributed by atoms with Gasteiger partial charge in [0.15, 0.2) is 0 Å². The molecule has 2 atom stereocenters. The van der Waals surface area contributed by atoms with Crippen LogP contribution in [0.15, 0.2) is 29.6 Å². The van der Waals surface area contributed by atoms with E-state index in [1.54, 1.807) is 18.4 Å². The van der Waals surface area contributed by atoms with Crippen LogP contribution in [0.25, 0.3) is 10.6 Å². The zero-order chi connectivity index (χ0) is 19.3. The summed E-state index contributed by atoms with van der Waals surface area (Å²) in [5.74, 6) is 1.52. The molecule has 0 saturated carbocycles. The Kier molecular flexibility index (Phi) is 6.27. The fourth-order valence-electron chi connectivity index (χ4n) is 4.54. The predicted octanol–water partition coefficient (Wildman–Crippen LogP) is 3.74. The van der Waals surface area contributed by atoms with Crippen molar-refractivity contribution >= 4 is 17.2 Å². The minimum absolute atomic E-state index is 0.0829. The number of methoxy groups -OCH3 is 1. The third-order valence-corrected chi connectivity index (χ3v) is 6.96. The summed E-state index contributed by atoms with van der Waals surface area (Å²) in [6.07, 6.45) is 6.80. The van der Waals surface area contributed by atoms with Gasteiger partial charge in [0.05, 0.1) is 19.2 Å². The molecule has 3 heterocycles. The topological polar surface area (TPSA) is 54.5 Å². The molecule has 4 rings (SSSR count). The second-order valence-corrected chi connectivity index (χ2v) is 8.71. The van der Waals surface area contributed by atoms with Gasteiger partial charge in [0.2, 0.25) is 5.91 Å². The van der Waals surface area contributed by atoms with E-state index in [4.69, 9.17) is 4.74 Å². The molecular formula is C22H29N3O2S. The van der Waals surface area contributed by atoms with E-state index in [9.17, 15) is 4.79 Å². The largest absolute Gasteiger partial charge is 0.497 e. The van der Waals surface area contributed by atoms with Gasteiger partial charge < -0.3 is 15.0 Å². The Bertz CT molecular complexity index is 787. The van der Waals surface area contributed by atoms with Gasteiger partial charge in [0.25, 0.3) is 0 Å². The number of aromatic nitrogens is 1. The van der Waals surface area contributed by atoms with Crippen molar-refractivity contribution in [3.8, 4) is 16.3 Å². The molecular weight excluding hydrogens is 370 g/mol. The van der Waals surface area contributed by atoms with Crippen molar-refractivity contribution in [2.24, 2.45) is 5.92 Å². The second-order valence-electron chi connectivity index (χ2n) is 7.85. The SMILES string of the molecule is COc1ccc(-c2nc(CC(=O)NC[C@@H]3CCCN4CCCC[C@H]34)cs2)cc1. The normalized spacial score (nSPS) is 22.5. The van der Waals surface area contributed by atoms with E-state index < -0.39 is 0 Å². The predicted molar refractivity (Wildman–Crippen MR) is 113 cm³/mol. The highest BCUT2D eigenvalue weighted by molar-refractivity contribution is 7.13. The number of thiazole rings is 1. The van der Waals surface area contributed by atoms with Crippen molar-refractivity contribution in [1.82, 2.24) is 15.2 Å². The van der Waals surface area contributed by atoms with Crippen LogP contribution in [-0.2, 0) is 11.2 Å². The Morgan fingerprint density at radius 3 is 2.86 bits per heavy atom. The monoisotopic (exact) mass is 399 g/mol. The van der Waals surface area contributed by atoms with Crippen LogP contribution in [0, 0.1) is 5.92 Å². The van der Waals surface area contributed by atoms with Gasteiger partial charge in [-0.05, 0) is 69.0 Å². The number of nitrogens with zero attached hydrogens (tertiary/aromatic N) is 2. The number of fused-ring (bicyclic) bond motifs is 1. The molecule has 1 amide bonds. The molecule has 2 aliphatic rings. The Hall–Kier alpha value is -1.92. The Morgan fingerprint density at radius 1 is 1.21 bits per heavy atom. The lowest BCUT2D eigenvalue weighted by atomic mass is 9.83. The first-order valence-electron chi connectivity index (χ1n) is 10.3. The standard InChI is InChI=1S/C22H29N3O2S/c1-27-19-9-7-16(8-10-19)22-24-18(15-28-22)13-21(26)23-14-17-5-4-12-25-11-3-2-6-20(17)25/h7-10,15,17,20H,2-6,11-14H2,1H3,(H,23,26)/t17-,20+/m0/s1. The van der Waals surface area contributed by atoms with Crippen LogP contribution in [0.5, 0.6) is 5.75 Å². The van der Waals surface area contributed by atoms with Crippen molar-refractivity contribution in [2.45, 2.75) is 44.6 Å². The lowest BCUT2D eigenvalue weighted by molar-refractivity contribution is -0.120. The number of piperidine rings is 2. The number of rotatable bonds is 6. The van der Waals surface area contributed by atoms with Gasteiger partial charge in [-0.3, -0.25) is 4.79 Å². The van der Waals surface area contributed by atoms with Crippen LogP contribution in [0.1, 0.15) is 37.8 Å². The molecule has 0 spiro atoms. The second kappa shape index (κ2) is 9.05. The maximum atomic E-state index is 12.5. The van der Waals surface area contributed by atoms with Crippen LogP contribution < -0.4 is 10.1 Å². The number of carbonyl (C=O) groups is 1. The molecule has 0 bridgehead atoms. The van der Waals surface area contributed by atoms with E-state index in [2.05, 4.69) is 15.2 Å². The molecule has 0 aliphatic carbocycles. The Labute approximate surface area is 171 Å². The molecule has 1 aromatic carbocycles. The third-order valence-electron chi connectivity index (χ3n) is 6.02. The molecule has 1 aromatic heterocycles. The molecule has 0 radical (unpaired) electrons. The first-order valence-corrected chi connectivity index (χ1v) is 11.2. The maximum absolute atomic E-state index is 12.5. The maximum Gasteiger partial charge on any atom is 0.226 e. The Balaban J connectivity index is 1.29. The van der Waals surface area contributed by atoms with E-state index in [1.165, 1.54) is 45.2 Å². The minimum Gasteiger partial charge on any atom is -0.497 e. The average Bonchev–Trinajstić information content (AvgIpc) is 3.20. The van der Waals surface area contributed by atoms with Gasteiger partial charge in [-0.1, -0.05) is 6.42 Å². The van der Waals surface area contributed by atoms with E-state index in [0.717, 1.165) is 28.6 Å². The average molecular weight is 400 g/mol. The van der Waals surface area contributed by atoms with Crippen molar-refractivity contribution < 1.29 is 9.53 Å². The summed E-state index contributed by atoms with van der Waals surface area (Å²) < 4.78 is 5.20. The van der Waals surface area contributed by atoms with Crippen LogP contribution in [0.2, 0.25) is 0 Å². The molecule has 2 fully saturated rings. The molecule has 28 heavy (non-hydrogen) atoms. The fraction of sp³-hybridized carbons (Fsp3) is 0.545. The molecule has 2 aromatic rings. The number of nitrogens with one attached hydrogen (secondary N) is 1. The van der Waals surface area contributed by atoms with Crippen LogP contribution in [-0.4, -0.2) is 48.6 Å². The summed E-state index contributed by atoms with van der Waals surface area (Å²) >= 11 is 1.58. The summed E-state index contributed by atoms with van der Waals surface area (Å²) in [5.41, 5.74) is 1.90. The third kappa shape index (κ3) is 4.55. The molecule has 5 nitrogen and oxygen atoms in total. The van der Waals surface area contributed by atoms with Gasteiger partial charge in [-0.15, -0.1) is 11.3 Å². The molecule has 2 saturated heterocycles. The van der Waals surface area contributed by atoms with Gasteiger partial charge in [-0.25, -0.2) is 4.98 Å². The number of carbonyl (C=O) groups excluding carboxylic acids is 1. The summed E-state index contributed by atoms with van der Waals surface area (Å²) in [7, 11) is 1.66. The van der Waals surface area contributed by atoms with Crippen molar-refractivity contribution in [1.29, 1.82) is 0 Å². The van der Waals surface area contributed by atoms with Crippen molar-refractivity contribution in [3.05, 3.63) is 35.3 Å². The van der Waals surface area contributed by atoms with Crippen molar-refractivity contribution in [3.63, 3.8) is 0 Å². The number of amides is 1. The van der Waals surface area contributed by atoms with Gasteiger partial charge in [-0.2, -0.15) is 0 Å². The highest BCUT2D eigenvalue weighted by atomic mass is 32.1. The molecule has 0 unspecified atom stereocenters. The van der Waals surface area contributed by atoms with Gasteiger partial charge in [0.1, 0.15) is 10.8 Å². The first kappa shape index (κ1) is 19.4. The summed E-state index contributed by atoms with van der Waals surface area (Å²) in [6.45, 7) is 3.28. The van der Waals surface area contributed by atoms with Crippen LogP contribution in [0.4, 0.5) is 0 Å². The summed E-state index contributed by atoms with van der Waals surface area (Å²) in [5, 5.41) is 6.11. The summed E-state index contributed by atoms with van der Waals surface area (Å²) in [6, 6.07) is 8.54. The number of benzene rings is 1. The van der Waals surface area contributed by atoms with Gasteiger partial charge in [0, 0.05) is 23.5 Å². The minimum atomic E-state index is 0.0829. The summed E-state index contributed by atoms with van der Waals surface area (Å²) in [4.78, 5) is 19.8. The highest BCUT2D eigenvalue weighted by Gasteiger charge is 2.32. The van der Waals surface area contributed by atoms with E-state index in [0.29, 0.717) is 18.4 Å². The molecule has 2 aliphatic heterocycles. The quantitative estimate of drug-likeness (QED) is 0.804. The molecule has 1 N–H and O–H groups in total. The van der Waals surface area contributed by atoms with E-state index in [-0.39, 0.29) is 5.91 Å². The van der Waals surface area contributed by atoms with Crippen molar-refractivity contribution in [2.75, 3.05) is 26.7 Å².